The Hall–Kier alpha value is -5.46. The predicted octanol–water partition coefficient (Wildman–Crippen LogP) is 12.0. The molecule has 0 bridgehead atoms. The molecule has 0 spiro atoms. The van der Waals surface area contributed by atoms with Crippen LogP contribution < -0.4 is 5.19 Å². The van der Waals surface area contributed by atoms with Crippen molar-refractivity contribution in [3.8, 4) is 39.5 Å². The Morgan fingerprint density at radius 2 is 1.49 bits per heavy atom. The maximum absolute atomic E-state index is 8.01. The van der Waals surface area contributed by atoms with Crippen LogP contribution in [0.25, 0.3) is 72.6 Å². The molecule has 0 aliphatic rings. The maximum atomic E-state index is 8.01. The van der Waals surface area contributed by atoms with Crippen LogP contribution in [0, 0.1) is 19.1 Å². The van der Waals surface area contributed by atoms with Crippen molar-refractivity contribution >= 4 is 46.4 Å². The summed E-state index contributed by atoms with van der Waals surface area (Å²) < 4.78 is 16.5. The Kier molecular flexibility index (Phi) is 10.4. The summed E-state index contributed by atoms with van der Waals surface area (Å²) in [7, 11) is -1.29. The first-order valence-electron chi connectivity index (χ1n) is 18.8. The topological polar surface area (TPSA) is 56.7 Å². The third-order valence-corrected chi connectivity index (χ3v) is 11.8. The van der Waals surface area contributed by atoms with Gasteiger partial charge in [-0.3, -0.25) is 4.98 Å². The first-order valence-corrected chi connectivity index (χ1v) is 21.8. The fourth-order valence-corrected chi connectivity index (χ4v) is 7.70. The third-order valence-electron chi connectivity index (χ3n) is 9.75. The summed E-state index contributed by atoms with van der Waals surface area (Å²) in [5.74, 6) is 0.212. The number of aryl methyl sites for hydroxylation is 1. The van der Waals surface area contributed by atoms with Gasteiger partial charge >= 0.3 is 0 Å². The monoisotopic (exact) mass is 912 g/mol. The van der Waals surface area contributed by atoms with Gasteiger partial charge in [0.05, 0.1) is 30.5 Å². The van der Waals surface area contributed by atoms with Crippen LogP contribution in [0.1, 0.15) is 32.4 Å². The average Bonchev–Trinajstić information content (AvgIpc) is 3.76. The summed E-state index contributed by atoms with van der Waals surface area (Å²) in [5.41, 5.74) is 11.4. The van der Waals surface area contributed by atoms with E-state index in [4.69, 9.17) is 10.8 Å². The molecule has 55 heavy (non-hydrogen) atoms. The SMILES string of the molecule is Cc1ccc2c(n1)oc1c(-c3nc4ccccc4n3-c3ccc(-c4ccccc4)cc3)[c-]ccc12.[2H]C(C)(C)c1c[c-]c(-c2ccc([Si](C)(C)C)cn2)cc1.[Ir]. The number of hydrogen-bond donors (Lipinski definition) is 0. The second kappa shape index (κ2) is 15.7. The molecule has 0 saturated carbocycles. The quantitative estimate of drug-likeness (QED) is 0.123. The molecule has 0 fully saturated rings. The average molecular weight is 912 g/mol. The number of imidazole rings is 1. The van der Waals surface area contributed by atoms with E-state index in [-0.39, 0.29) is 20.1 Å². The van der Waals surface area contributed by atoms with Gasteiger partial charge in [0.25, 0.3) is 0 Å². The molecule has 7 heteroatoms. The van der Waals surface area contributed by atoms with Gasteiger partial charge in [0.1, 0.15) is 0 Å². The minimum atomic E-state index is -1.29. The maximum Gasteiger partial charge on any atom is 0.216 e. The van der Waals surface area contributed by atoms with Crippen molar-refractivity contribution in [3.63, 3.8) is 0 Å². The van der Waals surface area contributed by atoms with Crippen molar-refractivity contribution in [2.75, 3.05) is 0 Å². The minimum absolute atomic E-state index is 0. The zero-order valence-corrected chi connectivity index (χ0v) is 35.2. The molecule has 0 aliphatic carbocycles. The molecule has 5 nitrogen and oxygen atoms in total. The first kappa shape index (κ1) is 36.5. The van der Waals surface area contributed by atoms with Gasteiger partial charge in [-0.15, -0.1) is 53.6 Å². The standard InChI is InChI=1S/C31H20N3O.C17H22NSi.Ir/c1-20-14-19-25-24-10-7-11-26(29(24)35-31(25)32-20)30-33-27-12-5-6-13-28(27)34(30)23-17-15-22(16-18-23)21-8-3-2-4-9-21;1-13(2)14-6-8-15(9-7-14)17-11-10-16(12-18-17)19(3,4)5;/h2-10,12-19H,1H3;6-8,10-13H,1-5H3;/q2*-1;/i;13D;. The molecule has 0 atom stereocenters. The van der Waals surface area contributed by atoms with E-state index >= 15 is 0 Å². The fraction of sp³-hybridized carbons (Fsp3) is 0.146. The minimum Gasteiger partial charge on any atom is -0.486 e. The first-order chi connectivity index (χ1) is 26.4. The van der Waals surface area contributed by atoms with E-state index in [0.717, 1.165) is 67.0 Å². The van der Waals surface area contributed by atoms with Gasteiger partial charge < -0.3 is 14.0 Å². The molecule has 1 radical (unpaired) electrons. The molecule has 0 aliphatic heterocycles. The van der Waals surface area contributed by atoms with Gasteiger partial charge in [0.15, 0.2) is 0 Å². The summed E-state index contributed by atoms with van der Waals surface area (Å²) in [4.78, 5) is 14.2. The Morgan fingerprint density at radius 3 is 2.18 bits per heavy atom. The molecule has 275 valence electrons. The van der Waals surface area contributed by atoms with Gasteiger partial charge in [-0.05, 0) is 65.3 Å². The molecule has 0 N–H and O–H groups in total. The molecule has 4 aromatic heterocycles. The van der Waals surface area contributed by atoms with Gasteiger partial charge in [0, 0.05) is 44.4 Å². The second-order valence-corrected chi connectivity index (χ2v) is 19.9. The predicted molar refractivity (Wildman–Crippen MR) is 226 cm³/mol. The van der Waals surface area contributed by atoms with Crippen molar-refractivity contribution in [1.82, 2.24) is 19.5 Å². The van der Waals surface area contributed by atoms with Crippen molar-refractivity contribution in [2.24, 2.45) is 0 Å². The van der Waals surface area contributed by atoms with Crippen LogP contribution >= 0.6 is 0 Å². The number of para-hydroxylation sites is 2. The van der Waals surface area contributed by atoms with Crippen LogP contribution in [0.4, 0.5) is 0 Å². The normalized spacial score (nSPS) is 11.9. The van der Waals surface area contributed by atoms with Crippen molar-refractivity contribution in [2.45, 2.75) is 46.3 Å². The summed E-state index contributed by atoms with van der Waals surface area (Å²) in [6.07, 6.45) is 2.00. The molecule has 5 aromatic carbocycles. The van der Waals surface area contributed by atoms with Gasteiger partial charge in [-0.2, -0.15) is 0 Å². The number of pyridine rings is 2. The van der Waals surface area contributed by atoms with Crippen LogP contribution in [0.2, 0.25) is 19.6 Å². The fourth-order valence-electron chi connectivity index (χ4n) is 6.66. The molecular formula is C48H42IrN4OSi-2. The zero-order chi connectivity index (χ0) is 38.3. The van der Waals surface area contributed by atoms with Crippen molar-refractivity contribution < 1.29 is 25.9 Å². The van der Waals surface area contributed by atoms with E-state index in [2.05, 4.69) is 119 Å². The van der Waals surface area contributed by atoms with Crippen LogP contribution in [-0.4, -0.2) is 27.6 Å². The Balaban J connectivity index is 0.000000197. The molecule has 9 aromatic rings. The number of nitrogens with zero attached hydrogens (tertiary/aromatic N) is 4. The number of hydrogen-bond acceptors (Lipinski definition) is 4. The van der Waals surface area contributed by atoms with E-state index < -0.39 is 14.0 Å². The molecular weight excluding hydrogens is 869 g/mol. The second-order valence-electron chi connectivity index (χ2n) is 14.8. The van der Waals surface area contributed by atoms with Crippen molar-refractivity contribution in [1.29, 1.82) is 0 Å². The molecule has 4 heterocycles. The Morgan fingerprint density at radius 1 is 0.745 bits per heavy atom. The van der Waals surface area contributed by atoms with E-state index in [1.54, 1.807) is 0 Å². The van der Waals surface area contributed by atoms with Crippen LogP contribution in [0.3, 0.4) is 0 Å². The molecule has 0 amide bonds. The number of fused-ring (bicyclic) bond motifs is 4. The largest absolute Gasteiger partial charge is 0.486 e. The number of benzene rings is 5. The number of aromatic nitrogens is 4. The third kappa shape index (κ3) is 7.74. The molecule has 0 saturated heterocycles. The van der Waals surface area contributed by atoms with Crippen molar-refractivity contribution in [3.05, 3.63) is 163 Å². The molecule has 0 unspecified atom stereocenters. The van der Waals surface area contributed by atoms with E-state index in [1.807, 2.05) is 87.6 Å². The van der Waals surface area contributed by atoms with Crippen LogP contribution in [0.15, 0.2) is 144 Å². The van der Waals surface area contributed by atoms with Gasteiger partial charge in [-0.25, -0.2) is 4.98 Å². The van der Waals surface area contributed by atoms with Crippen LogP contribution in [-0.2, 0) is 20.1 Å². The molecule has 9 rings (SSSR count). The summed E-state index contributed by atoms with van der Waals surface area (Å²) in [6.45, 7) is 12.7. The smallest absolute Gasteiger partial charge is 0.216 e. The number of rotatable bonds is 6. The van der Waals surface area contributed by atoms with Gasteiger partial charge in [0.2, 0.25) is 5.71 Å². The Labute approximate surface area is 338 Å². The van der Waals surface area contributed by atoms with Crippen LogP contribution in [0.5, 0.6) is 0 Å². The van der Waals surface area contributed by atoms with E-state index in [1.165, 1.54) is 16.3 Å². The number of furan rings is 1. The Bertz CT molecular complexity index is 2710. The van der Waals surface area contributed by atoms with Gasteiger partial charge in [-0.1, -0.05) is 117 Å². The zero-order valence-electron chi connectivity index (χ0n) is 32.8. The summed E-state index contributed by atoms with van der Waals surface area (Å²) >= 11 is 0. The summed E-state index contributed by atoms with van der Waals surface area (Å²) in [5, 5.41) is 3.38. The van der Waals surface area contributed by atoms with E-state index in [0.29, 0.717) is 5.71 Å². The van der Waals surface area contributed by atoms with E-state index in [9.17, 15) is 0 Å². The summed E-state index contributed by atoms with van der Waals surface area (Å²) in [6, 6.07) is 52.1.